The highest BCUT2D eigenvalue weighted by Gasteiger charge is 2.40. The lowest BCUT2D eigenvalue weighted by Gasteiger charge is -2.09. The van der Waals surface area contributed by atoms with Crippen LogP contribution < -0.4 is 5.32 Å². The van der Waals surface area contributed by atoms with Gasteiger partial charge in [0.1, 0.15) is 0 Å². The molecule has 0 aromatic carbocycles. The molecule has 1 heteroatoms. The van der Waals surface area contributed by atoms with Crippen molar-refractivity contribution in [2.45, 2.75) is 19.3 Å². The third-order valence-corrected chi connectivity index (χ3v) is 2.09. The van der Waals surface area contributed by atoms with Crippen molar-refractivity contribution < 1.29 is 0 Å². The first-order valence-electron chi connectivity index (χ1n) is 3.58. The maximum atomic E-state index is 3.74. The van der Waals surface area contributed by atoms with Gasteiger partial charge in [-0.3, -0.25) is 0 Å². The van der Waals surface area contributed by atoms with Gasteiger partial charge in [-0.1, -0.05) is 6.08 Å². The van der Waals surface area contributed by atoms with Crippen LogP contribution >= 0.6 is 0 Å². The first-order valence-corrected chi connectivity index (χ1v) is 3.58. The van der Waals surface area contributed by atoms with Crippen LogP contribution in [0.1, 0.15) is 19.3 Å². The Morgan fingerprint density at radius 2 is 2.33 bits per heavy atom. The highest BCUT2D eigenvalue weighted by Crippen LogP contribution is 2.48. The molecule has 0 aromatic heterocycles. The summed E-state index contributed by atoms with van der Waals surface area (Å²) in [6.07, 6.45) is 6.00. The second-order valence-corrected chi connectivity index (χ2v) is 3.02. The Labute approximate surface area is 57.1 Å². The number of hydrogen-bond acceptors (Lipinski definition) is 1. The second-order valence-electron chi connectivity index (χ2n) is 3.02. The van der Waals surface area contributed by atoms with Gasteiger partial charge in [0.15, 0.2) is 0 Å². The normalized spacial score (nSPS) is 21.4. The van der Waals surface area contributed by atoms with E-state index in [9.17, 15) is 0 Å². The van der Waals surface area contributed by atoms with Gasteiger partial charge in [0.05, 0.1) is 0 Å². The summed E-state index contributed by atoms with van der Waals surface area (Å²) in [5.74, 6) is 0. The van der Waals surface area contributed by atoms with E-state index in [0.717, 1.165) is 0 Å². The van der Waals surface area contributed by atoms with E-state index < -0.39 is 0 Å². The molecule has 1 rings (SSSR count). The predicted octanol–water partition coefficient (Wildman–Crippen LogP) is 1.56. The molecule has 0 atom stereocenters. The predicted molar refractivity (Wildman–Crippen MR) is 40.4 cm³/mol. The van der Waals surface area contributed by atoms with Crippen molar-refractivity contribution in [2.24, 2.45) is 5.41 Å². The van der Waals surface area contributed by atoms with Crippen LogP contribution in [-0.2, 0) is 0 Å². The van der Waals surface area contributed by atoms with Gasteiger partial charge in [0, 0.05) is 6.54 Å². The molecule has 0 amide bonds. The molecule has 0 heterocycles. The third-order valence-electron chi connectivity index (χ3n) is 2.09. The van der Waals surface area contributed by atoms with Gasteiger partial charge >= 0.3 is 0 Å². The molecule has 52 valence electrons. The van der Waals surface area contributed by atoms with Crippen molar-refractivity contribution in [3.8, 4) is 0 Å². The van der Waals surface area contributed by atoms with Crippen molar-refractivity contribution in [3.05, 3.63) is 12.7 Å². The lowest BCUT2D eigenvalue weighted by molar-refractivity contribution is 0.488. The Bertz CT molecular complexity index is 103. The van der Waals surface area contributed by atoms with Gasteiger partial charge in [-0.25, -0.2) is 0 Å². The summed E-state index contributed by atoms with van der Waals surface area (Å²) < 4.78 is 0. The average Bonchev–Trinajstić information content (AvgIpc) is 2.51. The third kappa shape index (κ3) is 1.55. The Balaban J connectivity index is 2.24. The van der Waals surface area contributed by atoms with Crippen molar-refractivity contribution in [2.75, 3.05) is 13.6 Å². The molecule has 1 N–H and O–H groups in total. The topological polar surface area (TPSA) is 12.0 Å². The van der Waals surface area contributed by atoms with Gasteiger partial charge in [-0.15, -0.1) is 6.58 Å². The SMILES string of the molecule is C=CCC1(CNC)CC1. The Morgan fingerprint density at radius 3 is 2.67 bits per heavy atom. The molecule has 1 saturated carbocycles. The number of rotatable bonds is 4. The highest BCUT2D eigenvalue weighted by atomic mass is 14.8. The molecule has 0 spiro atoms. The van der Waals surface area contributed by atoms with Gasteiger partial charge in [-0.05, 0) is 31.7 Å². The van der Waals surface area contributed by atoms with E-state index in [2.05, 4.69) is 11.9 Å². The monoisotopic (exact) mass is 125 g/mol. The molecule has 1 nitrogen and oxygen atoms in total. The van der Waals surface area contributed by atoms with E-state index in [1.807, 2.05) is 13.1 Å². The maximum absolute atomic E-state index is 3.74. The largest absolute Gasteiger partial charge is 0.319 e. The lowest BCUT2D eigenvalue weighted by atomic mass is 10.0. The number of nitrogens with one attached hydrogen (secondary N) is 1. The fourth-order valence-corrected chi connectivity index (χ4v) is 1.31. The zero-order valence-corrected chi connectivity index (χ0v) is 6.11. The van der Waals surface area contributed by atoms with E-state index in [-0.39, 0.29) is 0 Å². The van der Waals surface area contributed by atoms with Crippen LogP contribution in [0.2, 0.25) is 0 Å². The molecule has 0 unspecified atom stereocenters. The Hall–Kier alpha value is -0.300. The van der Waals surface area contributed by atoms with Crippen molar-refractivity contribution in [3.63, 3.8) is 0 Å². The fourth-order valence-electron chi connectivity index (χ4n) is 1.31. The molecule has 1 aliphatic rings. The molecular formula is C8H15N. The standard InChI is InChI=1S/C8H15N/c1-3-4-8(5-6-8)7-9-2/h3,9H,1,4-7H2,2H3. The van der Waals surface area contributed by atoms with Gasteiger partial charge in [0.2, 0.25) is 0 Å². The van der Waals surface area contributed by atoms with Gasteiger partial charge < -0.3 is 5.32 Å². The molecule has 0 radical (unpaired) electrons. The first kappa shape index (κ1) is 6.81. The van der Waals surface area contributed by atoms with Gasteiger partial charge in [0.25, 0.3) is 0 Å². The smallest absolute Gasteiger partial charge is 0.000778 e. The number of allylic oxidation sites excluding steroid dienone is 1. The Morgan fingerprint density at radius 1 is 1.67 bits per heavy atom. The first-order chi connectivity index (χ1) is 4.33. The molecule has 1 fully saturated rings. The summed E-state index contributed by atoms with van der Waals surface area (Å²) in [5, 5.41) is 3.21. The quantitative estimate of drug-likeness (QED) is 0.562. The minimum Gasteiger partial charge on any atom is -0.319 e. The van der Waals surface area contributed by atoms with Crippen LogP contribution in [0.15, 0.2) is 12.7 Å². The van der Waals surface area contributed by atoms with Crippen LogP contribution in [0.3, 0.4) is 0 Å². The summed E-state index contributed by atoms with van der Waals surface area (Å²) >= 11 is 0. The molecule has 0 bridgehead atoms. The fraction of sp³-hybridized carbons (Fsp3) is 0.750. The minimum atomic E-state index is 0.622. The molecule has 0 aliphatic heterocycles. The van der Waals surface area contributed by atoms with Crippen molar-refractivity contribution >= 4 is 0 Å². The van der Waals surface area contributed by atoms with Crippen LogP contribution in [0.4, 0.5) is 0 Å². The maximum Gasteiger partial charge on any atom is 0.000778 e. The summed E-state index contributed by atoms with van der Waals surface area (Å²) in [6.45, 7) is 4.91. The molecule has 1 aliphatic carbocycles. The Kier molecular flexibility index (Phi) is 1.91. The summed E-state index contributed by atoms with van der Waals surface area (Å²) in [7, 11) is 2.02. The van der Waals surface area contributed by atoms with Crippen LogP contribution in [0, 0.1) is 5.41 Å². The number of hydrogen-bond donors (Lipinski definition) is 1. The average molecular weight is 125 g/mol. The minimum absolute atomic E-state index is 0.622. The van der Waals surface area contributed by atoms with Gasteiger partial charge in [-0.2, -0.15) is 0 Å². The summed E-state index contributed by atoms with van der Waals surface area (Å²) in [5.41, 5.74) is 0.622. The summed E-state index contributed by atoms with van der Waals surface area (Å²) in [6, 6.07) is 0. The molecule has 9 heavy (non-hydrogen) atoms. The molecule has 0 aromatic rings. The molecule has 0 saturated heterocycles. The molecular weight excluding hydrogens is 110 g/mol. The highest BCUT2D eigenvalue weighted by molar-refractivity contribution is 4.98. The lowest BCUT2D eigenvalue weighted by Crippen LogP contribution is -2.19. The zero-order valence-electron chi connectivity index (χ0n) is 6.11. The van der Waals surface area contributed by atoms with Crippen LogP contribution in [0.5, 0.6) is 0 Å². The van der Waals surface area contributed by atoms with E-state index in [1.54, 1.807) is 0 Å². The zero-order chi connectivity index (χ0) is 6.74. The van der Waals surface area contributed by atoms with E-state index in [4.69, 9.17) is 0 Å². The van der Waals surface area contributed by atoms with Crippen molar-refractivity contribution in [1.29, 1.82) is 0 Å². The van der Waals surface area contributed by atoms with Crippen LogP contribution in [-0.4, -0.2) is 13.6 Å². The van der Waals surface area contributed by atoms with E-state index in [1.165, 1.54) is 25.8 Å². The second kappa shape index (κ2) is 2.53. The van der Waals surface area contributed by atoms with Crippen molar-refractivity contribution in [1.82, 2.24) is 5.32 Å². The van der Waals surface area contributed by atoms with Crippen LogP contribution in [0.25, 0.3) is 0 Å². The van der Waals surface area contributed by atoms with E-state index >= 15 is 0 Å². The van der Waals surface area contributed by atoms with E-state index in [0.29, 0.717) is 5.41 Å². The summed E-state index contributed by atoms with van der Waals surface area (Å²) in [4.78, 5) is 0.